The molecule has 0 spiro atoms. The Morgan fingerprint density at radius 2 is 1.85 bits per heavy atom. The highest BCUT2D eigenvalue weighted by atomic mass is 16.2. The minimum Gasteiger partial charge on any atom is -0.300 e. The van der Waals surface area contributed by atoms with Gasteiger partial charge in [0.1, 0.15) is 0 Å². The molecular formula is C16H20N2O2. The maximum Gasteiger partial charge on any atom is 0.328 e. The molecule has 0 aliphatic rings. The van der Waals surface area contributed by atoms with Gasteiger partial charge in [-0.2, -0.15) is 0 Å². The van der Waals surface area contributed by atoms with Crippen LogP contribution in [0.4, 0.5) is 0 Å². The van der Waals surface area contributed by atoms with Gasteiger partial charge in [-0.05, 0) is 24.3 Å². The molecule has 20 heavy (non-hydrogen) atoms. The van der Waals surface area contributed by atoms with E-state index in [2.05, 4.69) is 17.1 Å². The zero-order chi connectivity index (χ0) is 14.5. The zero-order valence-corrected chi connectivity index (χ0v) is 11.9. The van der Waals surface area contributed by atoms with Crippen molar-refractivity contribution < 1.29 is 0 Å². The van der Waals surface area contributed by atoms with Gasteiger partial charge in [0.25, 0.3) is 5.56 Å². The molecule has 0 saturated carbocycles. The molecule has 0 fully saturated rings. The van der Waals surface area contributed by atoms with Crippen molar-refractivity contribution in [3.8, 4) is 0 Å². The van der Waals surface area contributed by atoms with Gasteiger partial charge >= 0.3 is 5.69 Å². The Labute approximate surface area is 118 Å². The highest BCUT2D eigenvalue weighted by Gasteiger charge is 2.08. The predicted molar refractivity (Wildman–Crippen MR) is 80.2 cm³/mol. The van der Waals surface area contributed by atoms with Gasteiger partial charge in [0, 0.05) is 18.3 Å². The van der Waals surface area contributed by atoms with Gasteiger partial charge in [-0.25, -0.2) is 4.79 Å². The van der Waals surface area contributed by atoms with Crippen LogP contribution in [0.25, 0.3) is 0 Å². The van der Waals surface area contributed by atoms with E-state index in [1.54, 1.807) is 10.8 Å². The topological polar surface area (TPSA) is 54.9 Å². The fourth-order valence-corrected chi connectivity index (χ4v) is 2.20. The van der Waals surface area contributed by atoms with Crippen molar-refractivity contribution in [3.63, 3.8) is 0 Å². The van der Waals surface area contributed by atoms with Crippen molar-refractivity contribution in [2.24, 2.45) is 0 Å². The SMILES string of the molecule is CC(C)c1cn(CCCc2ccccc2)c(=O)[nH]c1=O. The molecule has 0 amide bonds. The van der Waals surface area contributed by atoms with Crippen LogP contribution >= 0.6 is 0 Å². The molecule has 0 unspecified atom stereocenters. The van der Waals surface area contributed by atoms with Crippen LogP contribution in [0.5, 0.6) is 0 Å². The average Bonchev–Trinajstić information content (AvgIpc) is 2.42. The van der Waals surface area contributed by atoms with E-state index >= 15 is 0 Å². The molecule has 0 radical (unpaired) electrons. The molecule has 0 bridgehead atoms. The van der Waals surface area contributed by atoms with E-state index in [1.165, 1.54) is 5.56 Å². The summed E-state index contributed by atoms with van der Waals surface area (Å²) in [5.74, 6) is 0.111. The van der Waals surface area contributed by atoms with Gasteiger partial charge in [-0.15, -0.1) is 0 Å². The van der Waals surface area contributed by atoms with Crippen molar-refractivity contribution >= 4 is 0 Å². The molecule has 2 rings (SSSR count). The number of nitrogens with one attached hydrogen (secondary N) is 1. The molecule has 4 heteroatoms. The van der Waals surface area contributed by atoms with Gasteiger partial charge in [0.2, 0.25) is 0 Å². The second-order valence-corrected chi connectivity index (χ2v) is 5.28. The van der Waals surface area contributed by atoms with Crippen molar-refractivity contribution in [3.05, 3.63) is 68.5 Å². The van der Waals surface area contributed by atoms with E-state index < -0.39 is 0 Å². The number of aromatic amines is 1. The second kappa shape index (κ2) is 6.37. The smallest absolute Gasteiger partial charge is 0.300 e. The Morgan fingerprint density at radius 1 is 1.15 bits per heavy atom. The maximum atomic E-state index is 11.8. The number of benzene rings is 1. The first-order chi connectivity index (χ1) is 9.58. The molecule has 0 aliphatic carbocycles. The van der Waals surface area contributed by atoms with E-state index in [0.29, 0.717) is 12.1 Å². The van der Waals surface area contributed by atoms with Gasteiger partial charge in [0.15, 0.2) is 0 Å². The Morgan fingerprint density at radius 3 is 2.50 bits per heavy atom. The normalized spacial score (nSPS) is 10.9. The van der Waals surface area contributed by atoms with Gasteiger partial charge in [-0.1, -0.05) is 44.2 Å². The van der Waals surface area contributed by atoms with Gasteiger partial charge in [0.05, 0.1) is 0 Å². The summed E-state index contributed by atoms with van der Waals surface area (Å²) < 4.78 is 1.60. The molecule has 1 N–H and O–H groups in total. The number of nitrogens with zero attached hydrogens (tertiary/aromatic N) is 1. The molecule has 0 atom stereocenters. The lowest BCUT2D eigenvalue weighted by Crippen LogP contribution is -2.32. The quantitative estimate of drug-likeness (QED) is 0.908. The Hall–Kier alpha value is -2.10. The van der Waals surface area contributed by atoms with Crippen LogP contribution in [0.15, 0.2) is 46.1 Å². The molecule has 1 aromatic heterocycles. The van der Waals surface area contributed by atoms with Crippen LogP contribution in [0, 0.1) is 0 Å². The summed E-state index contributed by atoms with van der Waals surface area (Å²) in [5, 5.41) is 0. The number of hydrogen-bond donors (Lipinski definition) is 1. The standard InChI is InChI=1S/C16H20N2O2/c1-12(2)14-11-18(16(20)17-15(14)19)10-6-9-13-7-4-3-5-8-13/h3-5,7-8,11-12H,6,9-10H2,1-2H3,(H,17,19,20). The summed E-state index contributed by atoms with van der Waals surface area (Å²) in [4.78, 5) is 25.8. The summed E-state index contributed by atoms with van der Waals surface area (Å²) in [6.45, 7) is 4.51. The molecule has 2 aromatic rings. The number of rotatable bonds is 5. The molecule has 0 aliphatic heterocycles. The first kappa shape index (κ1) is 14.3. The summed E-state index contributed by atoms with van der Waals surface area (Å²) in [7, 11) is 0. The lowest BCUT2D eigenvalue weighted by Gasteiger charge is -2.09. The third kappa shape index (κ3) is 3.47. The lowest BCUT2D eigenvalue weighted by molar-refractivity contribution is 0.594. The molecule has 106 valence electrons. The van der Waals surface area contributed by atoms with Crippen LogP contribution in [-0.4, -0.2) is 9.55 Å². The number of H-pyrrole nitrogens is 1. The van der Waals surface area contributed by atoms with Crippen molar-refractivity contribution in [1.82, 2.24) is 9.55 Å². The largest absolute Gasteiger partial charge is 0.328 e. The minimum atomic E-state index is -0.326. The fourth-order valence-electron chi connectivity index (χ4n) is 2.20. The van der Waals surface area contributed by atoms with Crippen LogP contribution in [-0.2, 0) is 13.0 Å². The summed E-state index contributed by atoms with van der Waals surface area (Å²) in [5.41, 5.74) is 1.31. The fraction of sp³-hybridized carbons (Fsp3) is 0.375. The third-order valence-corrected chi connectivity index (χ3v) is 3.37. The maximum absolute atomic E-state index is 11.8. The summed E-state index contributed by atoms with van der Waals surface area (Å²) in [6, 6.07) is 10.2. The summed E-state index contributed by atoms with van der Waals surface area (Å²) in [6.07, 6.45) is 3.48. The number of aryl methyl sites for hydroxylation is 2. The van der Waals surface area contributed by atoms with Gasteiger partial charge in [-0.3, -0.25) is 9.78 Å². The molecular weight excluding hydrogens is 252 g/mol. The minimum absolute atomic E-state index is 0.111. The van der Waals surface area contributed by atoms with E-state index in [-0.39, 0.29) is 17.2 Å². The number of aromatic nitrogens is 2. The monoisotopic (exact) mass is 272 g/mol. The van der Waals surface area contributed by atoms with Crippen molar-refractivity contribution in [1.29, 1.82) is 0 Å². The highest BCUT2D eigenvalue weighted by molar-refractivity contribution is 5.14. The van der Waals surface area contributed by atoms with Crippen molar-refractivity contribution in [2.45, 2.75) is 39.2 Å². The lowest BCUT2D eigenvalue weighted by atomic mass is 10.1. The molecule has 0 saturated heterocycles. The van der Waals surface area contributed by atoms with E-state index in [1.807, 2.05) is 32.0 Å². The van der Waals surface area contributed by atoms with Crippen LogP contribution < -0.4 is 11.2 Å². The summed E-state index contributed by atoms with van der Waals surface area (Å²) >= 11 is 0. The van der Waals surface area contributed by atoms with Gasteiger partial charge < -0.3 is 4.57 Å². The van der Waals surface area contributed by atoms with E-state index in [4.69, 9.17) is 0 Å². The van der Waals surface area contributed by atoms with Crippen LogP contribution in [0.1, 0.15) is 37.3 Å². The average molecular weight is 272 g/mol. The zero-order valence-electron chi connectivity index (χ0n) is 11.9. The van der Waals surface area contributed by atoms with Crippen LogP contribution in [0.2, 0.25) is 0 Å². The second-order valence-electron chi connectivity index (χ2n) is 5.28. The molecule has 4 nitrogen and oxygen atoms in total. The Bertz CT molecular complexity index is 669. The predicted octanol–water partition coefficient (Wildman–Crippen LogP) is 2.29. The third-order valence-electron chi connectivity index (χ3n) is 3.37. The van der Waals surface area contributed by atoms with E-state index in [9.17, 15) is 9.59 Å². The van der Waals surface area contributed by atoms with Crippen LogP contribution in [0.3, 0.4) is 0 Å². The number of hydrogen-bond acceptors (Lipinski definition) is 2. The van der Waals surface area contributed by atoms with E-state index in [0.717, 1.165) is 12.8 Å². The van der Waals surface area contributed by atoms with Crippen molar-refractivity contribution in [2.75, 3.05) is 0 Å². The highest BCUT2D eigenvalue weighted by Crippen LogP contribution is 2.07. The molecule has 1 aromatic carbocycles. The first-order valence-corrected chi connectivity index (χ1v) is 6.95. The Balaban J connectivity index is 2.08. The first-order valence-electron chi connectivity index (χ1n) is 6.95. The Kier molecular flexibility index (Phi) is 4.56. The molecule has 1 heterocycles.